The highest BCUT2D eigenvalue weighted by atomic mass is 15.1. The molecular formula is C45H53N3. The predicted molar refractivity (Wildman–Crippen MR) is 207 cm³/mol. The minimum absolute atomic E-state index is 0.0230. The number of rotatable bonds is 12. The van der Waals surface area contributed by atoms with E-state index in [-0.39, 0.29) is 5.41 Å². The van der Waals surface area contributed by atoms with Crippen molar-refractivity contribution in [3.63, 3.8) is 0 Å². The molecule has 3 heteroatoms. The quantitative estimate of drug-likeness (QED) is 0.135. The van der Waals surface area contributed by atoms with E-state index in [1.54, 1.807) is 0 Å². The molecule has 5 aromatic carbocycles. The average molecular weight is 636 g/mol. The maximum absolute atomic E-state index is 2.51. The van der Waals surface area contributed by atoms with E-state index < -0.39 is 0 Å². The zero-order valence-corrected chi connectivity index (χ0v) is 30.3. The minimum Gasteiger partial charge on any atom is -0.311 e. The third-order valence-corrected chi connectivity index (χ3v) is 10.6. The zero-order valence-electron chi connectivity index (χ0n) is 30.3. The van der Waals surface area contributed by atoms with E-state index in [1.165, 1.54) is 61.4 Å². The molecule has 0 aliphatic heterocycles. The van der Waals surface area contributed by atoms with Gasteiger partial charge in [0.1, 0.15) is 0 Å². The van der Waals surface area contributed by atoms with Gasteiger partial charge in [0.25, 0.3) is 0 Å². The lowest BCUT2D eigenvalue weighted by atomic mass is 9.72. The summed E-state index contributed by atoms with van der Waals surface area (Å²) in [6.07, 6.45) is 3.34. The number of hydrogen-bond acceptors (Lipinski definition) is 3. The molecular weight excluding hydrogens is 583 g/mol. The van der Waals surface area contributed by atoms with Gasteiger partial charge in [-0.3, -0.25) is 0 Å². The molecule has 0 radical (unpaired) electrons. The number of nitrogens with zero attached hydrogens (tertiary/aromatic N) is 3. The van der Waals surface area contributed by atoms with Crippen molar-refractivity contribution >= 4 is 17.1 Å². The molecule has 1 aliphatic rings. The van der Waals surface area contributed by atoms with Gasteiger partial charge in [0.05, 0.1) is 0 Å². The molecule has 6 rings (SSSR count). The third kappa shape index (κ3) is 6.72. The SMILES string of the molecule is CCC(C)c1ccc(N(c2ccc(C)cc2)c2ccc(-c3ccc4c(c3)C(CCN(C)C)(CCN(C)C)c3cc(C)ccc3-4)cc2)cc1. The lowest BCUT2D eigenvalue weighted by Gasteiger charge is -2.35. The number of benzene rings is 5. The monoisotopic (exact) mass is 635 g/mol. The molecule has 0 heterocycles. The first-order chi connectivity index (χ1) is 23.1. The number of hydrogen-bond donors (Lipinski definition) is 0. The highest BCUT2D eigenvalue weighted by Gasteiger charge is 2.43. The predicted octanol–water partition coefficient (Wildman–Crippen LogP) is 11.1. The van der Waals surface area contributed by atoms with Crippen LogP contribution in [0.2, 0.25) is 0 Å². The fourth-order valence-corrected chi connectivity index (χ4v) is 7.41. The summed E-state index contributed by atoms with van der Waals surface area (Å²) in [6.45, 7) is 11.0. The van der Waals surface area contributed by atoms with Crippen LogP contribution in [0.5, 0.6) is 0 Å². The maximum Gasteiger partial charge on any atom is 0.0462 e. The Labute approximate surface area is 289 Å². The summed E-state index contributed by atoms with van der Waals surface area (Å²) in [4.78, 5) is 7.05. The first-order valence-electron chi connectivity index (χ1n) is 17.7. The van der Waals surface area contributed by atoms with Crippen LogP contribution in [0.3, 0.4) is 0 Å². The molecule has 48 heavy (non-hydrogen) atoms. The van der Waals surface area contributed by atoms with Crippen molar-refractivity contribution in [1.82, 2.24) is 9.80 Å². The Morgan fingerprint density at radius 2 is 1.00 bits per heavy atom. The number of anilines is 3. The van der Waals surface area contributed by atoms with Crippen LogP contribution in [0.25, 0.3) is 22.3 Å². The standard InChI is InChI=1S/C45H53N3/c1-9-34(4)35-13-20-39(21-14-35)48(38-18-10-32(2)11-19-38)40-22-15-36(16-23-40)37-17-25-42-41-24-12-33(3)30-43(41)45(44(42)31-37,26-28-46(5)6)27-29-47(7)8/h10-25,30-31,34H,9,26-29H2,1-8H3. The van der Waals surface area contributed by atoms with Gasteiger partial charge in [-0.1, -0.05) is 91.7 Å². The number of fused-ring (bicyclic) bond motifs is 3. The van der Waals surface area contributed by atoms with Crippen LogP contribution < -0.4 is 4.90 Å². The molecule has 1 unspecified atom stereocenters. The highest BCUT2D eigenvalue weighted by molar-refractivity contribution is 5.85. The van der Waals surface area contributed by atoms with Gasteiger partial charge in [-0.2, -0.15) is 0 Å². The fraction of sp³-hybridized carbons (Fsp3) is 0.333. The molecule has 0 saturated heterocycles. The molecule has 0 N–H and O–H groups in total. The summed E-state index contributed by atoms with van der Waals surface area (Å²) in [6, 6.07) is 41.5. The van der Waals surface area contributed by atoms with Crippen LogP contribution in [0, 0.1) is 13.8 Å². The summed E-state index contributed by atoms with van der Waals surface area (Å²) in [5.74, 6) is 0.555. The first-order valence-corrected chi connectivity index (χ1v) is 17.7. The molecule has 248 valence electrons. The number of aryl methyl sites for hydroxylation is 2. The summed E-state index contributed by atoms with van der Waals surface area (Å²) in [5, 5.41) is 0. The Hall–Kier alpha value is -4.18. The van der Waals surface area contributed by atoms with Crippen molar-refractivity contribution in [3.05, 3.63) is 137 Å². The van der Waals surface area contributed by atoms with Gasteiger partial charge in [0.2, 0.25) is 0 Å². The molecule has 5 aromatic rings. The summed E-state index contributed by atoms with van der Waals surface area (Å²) < 4.78 is 0. The molecule has 3 nitrogen and oxygen atoms in total. The van der Waals surface area contributed by atoms with Gasteiger partial charge in [-0.05, 0) is 162 Å². The molecule has 0 aromatic heterocycles. The van der Waals surface area contributed by atoms with E-state index in [0.29, 0.717) is 5.92 Å². The summed E-state index contributed by atoms with van der Waals surface area (Å²) in [7, 11) is 8.80. The van der Waals surface area contributed by atoms with E-state index in [9.17, 15) is 0 Å². The molecule has 0 bridgehead atoms. The van der Waals surface area contributed by atoms with Crippen molar-refractivity contribution in [2.75, 3.05) is 46.2 Å². The van der Waals surface area contributed by atoms with E-state index in [4.69, 9.17) is 0 Å². The molecule has 1 atom stereocenters. The molecule has 0 spiro atoms. The second-order valence-electron chi connectivity index (χ2n) is 14.6. The third-order valence-electron chi connectivity index (χ3n) is 10.6. The Morgan fingerprint density at radius 1 is 0.542 bits per heavy atom. The van der Waals surface area contributed by atoms with E-state index in [2.05, 4.69) is 180 Å². The van der Waals surface area contributed by atoms with Crippen LogP contribution in [0.15, 0.2) is 109 Å². The zero-order chi connectivity index (χ0) is 34.0. The Bertz CT molecular complexity index is 1820. The molecule has 0 fully saturated rings. The largest absolute Gasteiger partial charge is 0.311 e. The molecule has 1 aliphatic carbocycles. The van der Waals surface area contributed by atoms with Crippen LogP contribution in [-0.2, 0) is 5.41 Å². The Kier molecular flexibility index (Phi) is 9.92. The van der Waals surface area contributed by atoms with Crippen LogP contribution in [0.1, 0.15) is 66.8 Å². The van der Waals surface area contributed by atoms with Crippen LogP contribution >= 0.6 is 0 Å². The van der Waals surface area contributed by atoms with Crippen LogP contribution in [0.4, 0.5) is 17.1 Å². The summed E-state index contributed by atoms with van der Waals surface area (Å²) in [5.41, 5.74) is 15.8. The Balaban J connectivity index is 1.40. The van der Waals surface area contributed by atoms with Gasteiger partial charge >= 0.3 is 0 Å². The van der Waals surface area contributed by atoms with Crippen molar-refractivity contribution < 1.29 is 0 Å². The van der Waals surface area contributed by atoms with E-state index in [0.717, 1.165) is 38.0 Å². The van der Waals surface area contributed by atoms with Gasteiger partial charge in [0.15, 0.2) is 0 Å². The van der Waals surface area contributed by atoms with Crippen molar-refractivity contribution in [1.29, 1.82) is 0 Å². The lowest BCUT2D eigenvalue weighted by Crippen LogP contribution is -2.33. The van der Waals surface area contributed by atoms with Gasteiger partial charge in [0, 0.05) is 22.5 Å². The lowest BCUT2D eigenvalue weighted by molar-refractivity contribution is 0.300. The van der Waals surface area contributed by atoms with E-state index in [1.807, 2.05) is 0 Å². The smallest absolute Gasteiger partial charge is 0.0462 e. The topological polar surface area (TPSA) is 9.72 Å². The van der Waals surface area contributed by atoms with Crippen molar-refractivity contribution in [3.8, 4) is 22.3 Å². The van der Waals surface area contributed by atoms with Crippen molar-refractivity contribution in [2.24, 2.45) is 0 Å². The Morgan fingerprint density at radius 3 is 1.54 bits per heavy atom. The fourth-order valence-electron chi connectivity index (χ4n) is 7.41. The van der Waals surface area contributed by atoms with E-state index >= 15 is 0 Å². The van der Waals surface area contributed by atoms with Gasteiger partial charge in [-0.25, -0.2) is 0 Å². The van der Waals surface area contributed by atoms with Gasteiger partial charge < -0.3 is 14.7 Å². The van der Waals surface area contributed by atoms with Crippen LogP contribution in [-0.4, -0.2) is 51.1 Å². The van der Waals surface area contributed by atoms with Gasteiger partial charge in [-0.15, -0.1) is 0 Å². The molecule has 0 amide bonds. The summed E-state index contributed by atoms with van der Waals surface area (Å²) >= 11 is 0. The van der Waals surface area contributed by atoms with Crippen molar-refractivity contribution in [2.45, 2.75) is 58.3 Å². The maximum atomic E-state index is 2.51. The second kappa shape index (κ2) is 14.1. The normalized spacial score (nSPS) is 13.9. The second-order valence-corrected chi connectivity index (χ2v) is 14.6. The first kappa shape index (κ1) is 33.7. The molecule has 0 saturated carbocycles. The highest BCUT2D eigenvalue weighted by Crippen LogP contribution is 2.54. The minimum atomic E-state index is -0.0230. The average Bonchev–Trinajstić information content (AvgIpc) is 3.35.